The topological polar surface area (TPSA) is 25.4 Å². The molecule has 1 saturated heterocycles. The molecule has 0 aromatic carbocycles. The van der Waals surface area contributed by atoms with Gasteiger partial charge >= 0.3 is 0 Å². The van der Waals surface area contributed by atoms with Crippen LogP contribution in [0.2, 0.25) is 0 Å². The lowest BCUT2D eigenvalue weighted by Crippen LogP contribution is -2.37. The maximum Gasteiger partial charge on any atom is 0.172 e. The van der Waals surface area contributed by atoms with E-state index < -0.39 is 0 Å². The standard InChI is InChI=1S/C11H13FN2O/c1-2-9-3-4-13-11(10(9)12)14-5-7-15-8-6-14/h2-4H,1,5-8H2. The summed E-state index contributed by atoms with van der Waals surface area (Å²) >= 11 is 0. The number of morpholine rings is 1. The molecule has 0 saturated carbocycles. The minimum absolute atomic E-state index is 0.297. The molecular weight excluding hydrogens is 195 g/mol. The molecule has 15 heavy (non-hydrogen) atoms. The molecule has 80 valence electrons. The highest BCUT2D eigenvalue weighted by molar-refractivity contribution is 5.55. The van der Waals surface area contributed by atoms with Crippen molar-refractivity contribution >= 4 is 11.9 Å². The Morgan fingerprint density at radius 2 is 2.20 bits per heavy atom. The van der Waals surface area contributed by atoms with Crippen molar-refractivity contribution in [3.63, 3.8) is 0 Å². The number of halogens is 1. The molecule has 0 spiro atoms. The summed E-state index contributed by atoms with van der Waals surface area (Å²) in [4.78, 5) is 5.95. The van der Waals surface area contributed by atoms with Crippen LogP contribution in [0.1, 0.15) is 5.56 Å². The molecule has 1 aromatic heterocycles. The lowest BCUT2D eigenvalue weighted by molar-refractivity contribution is 0.122. The Balaban J connectivity index is 2.30. The highest BCUT2D eigenvalue weighted by Gasteiger charge is 2.17. The summed E-state index contributed by atoms with van der Waals surface area (Å²) in [6.45, 7) is 6.19. The predicted molar refractivity (Wildman–Crippen MR) is 57.3 cm³/mol. The van der Waals surface area contributed by atoms with Crippen LogP contribution >= 0.6 is 0 Å². The number of nitrogens with zero attached hydrogens (tertiary/aromatic N) is 2. The van der Waals surface area contributed by atoms with Crippen molar-refractivity contribution in [1.29, 1.82) is 0 Å². The fourth-order valence-electron chi connectivity index (χ4n) is 1.60. The second-order valence-corrected chi connectivity index (χ2v) is 3.34. The van der Waals surface area contributed by atoms with Crippen LogP contribution in [0.15, 0.2) is 18.8 Å². The van der Waals surface area contributed by atoms with Crippen molar-refractivity contribution in [3.05, 3.63) is 30.2 Å². The zero-order valence-corrected chi connectivity index (χ0v) is 8.45. The van der Waals surface area contributed by atoms with Gasteiger partial charge in [-0.05, 0) is 6.07 Å². The number of pyridine rings is 1. The Hall–Kier alpha value is -1.42. The van der Waals surface area contributed by atoms with Crippen LogP contribution in [-0.2, 0) is 4.74 Å². The van der Waals surface area contributed by atoms with Crippen LogP contribution in [0.25, 0.3) is 6.08 Å². The van der Waals surface area contributed by atoms with Gasteiger partial charge in [-0.2, -0.15) is 0 Å². The van der Waals surface area contributed by atoms with Gasteiger partial charge in [0.15, 0.2) is 11.6 Å². The van der Waals surface area contributed by atoms with E-state index in [-0.39, 0.29) is 5.82 Å². The van der Waals surface area contributed by atoms with Gasteiger partial charge in [-0.25, -0.2) is 9.37 Å². The molecule has 1 aromatic rings. The van der Waals surface area contributed by atoms with Gasteiger partial charge in [-0.1, -0.05) is 12.7 Å². The van der Waals surface area contributed by atoms with Crippen LogP contribution in [0, 0.1) is 5.82 Å². The largest absolute Gasteiger partial charge is 0.378 e. The predicted octanol–water partition coefficient (Wildman–Crippen LogP) is 1.70. The van der Waals surface area contributed by atoms with E-state index in [2.05, 4.69) is 11.6 Å². The molecule has 4 heteroatoms. The number of aromatic nitrogens is 1. The summed E-state index contributed by atoms with van der Waals surface area (Å²) in [6, 6.07) is 1.62. The number of anilines is 1. The smallest absolute Gasteiger partial charge is 0.172 e. The van der Waals surface area contributed by atoms with Gasteiger partial charge in [0.25, 0.3) is 0 Å². The first-order chi connectivity index (χ1) is 7.33. The van der Waals surface area contributed by atoms with E-state index >= 15 is 0 Å². The molecule has 2 heterocycles. The maximum absolute atomic E-state index is 13.8. The zero-order chi connectivity index (χ0) is 10.7. The second-order valence-electron chi connectivity index (χ2n) is 3.34. The van der Waals surface area contributed by atoms with Gasteiger partial charge in [-0.3, -0.25) is 0 Å². The van der Waals surface area contributed by atoms with E-state index in [0.29, 0.717) is 37.7 Å². The van der Waals surface area contributed by atoms with Gasteiger partial charge in [0.05, 0.1) is 13.2 Å². The van der Waals surface area contributed by atoms with Crippen molar-refractivity contribution < 1.29 is 9.13 Å². The number of hydrogen-bond acceptors (Lipinski definition) is 3. The molecule has 0 unspecified atom stereocenters. The molecule has 0 atom stereocenters. The molecule has 2 rings (SSSR count). The summed E-state index contributed by atoms with van der Waals surface area (Å²) in [6.07, 6.45) is 3.10. The van der Waals surface area contributed by atoms with Crippen molar-refractivity contribution in [2.75, 3.05) is 31.2 Å². The highest BCUT2D eigenvalue weighted by atomic mass is 19.1. The average molecular weight is 208 g/mol. The third-order valence-corrected chi connectivity index (χ3v) is 2.43. The van der Waals surface area contributed by atoms with E-state index in [1.54, 1.807) is 12.3 Å². The molecule has 1 aliphatic rings. The Labute approximate surface area is 88.2 Å². The van der Waals surface area contributed by atoms with Crippen LogP contribution < -0.4 is 4.90 Å². The summed E-state index contributed by atoms with van der Waals surface area (Å²) in [5, 5.41) is 0. The third kappa shape index (κ3) is 1.99. The molecule has 1 fully saturated rings. The average Bonchev–Trinajstić information content (AvgIpc) is 2.30. The van der Waals surface area contributed by atoms with Crippen molar-refractivity contribution in [2.24, 2.45) is 0 Å². The lowest BCUT2D eigenvalue weighted by Gasteiger charge is -2.28. The summed E-state index contributed by atoms with van der Waals surface area (Å²) in [7, 11) is 0. The Bertz CT molecular complexity index is 362. The van der Waals surface area contributed by atoms with Gasteiger partial charge in [0, 0.05) is 24.8 Å². The Kier molecular flexibility index (Phi) is 2.97. The fourth-order valence-corrected chi connectivity index (χ4v) is 1.60. The molecule has 3 nitrogen and oxygen atoms in total. The third-order valence-electron chi connectivity index (χ3n) is 2.43. The maximum atomic E-state index is 13.8. The van der Waals surface area contributed by atoms with Gasteiger partial charge in [0.2, 0.25) is 0 Å². The molecular formula is C11H13FN2O. The summed E-state index contributed by atoms with van der Waals surface area (Å²) in [5.41, 5.74) is 0.492. The minimum atomic E-state index is -0.297. The Morgan fingerprint density at radius 3 is 2.87 bits per heavy atom. The molecule has 0 amide bonds. The SMILES string of the molecule is C=Cc1ccnc(N2CCOCC2)c1F. The van der Waals surface area contributed by atoms with Crippen molar-refractivity contribution in [3.8, 4) is 0 Å². The van der Waals surface area contributed by atoms with Crippen LogP contribution in [-0.4, -0.2) is 31.3 Å². The Morgan fingerprint density at radius 1 is 1.47 bits per heavy atom. The second kappa shape index (κ2) is 4.40. The van der Waals surface area contributed by atoms with E-state index in [1.165, 1.54) is 6.08 Å². The molecule has 0 N–H and O–H groups in total. The van der Waals surface area contributed by atoms with Crippen LogP contribution in [0.5, 0.6) is 0 Å². The fraction of sp³-hybridized carbons (Fsp3) is 0.364. The zero-order valence-electron chi connectivity index (χ0n) is 8.45. The van der Waals surface area contributed by atoms with Crippen LogP contribution in [0.3, 0.4) is 0 Å². The van der Waals surface area contributed by atoms with Crippen LogP contribution in [0.4, 0.5) is 10.2 Å². The first-order valence-corrected chi connectivity index (χ1v) is 4.92. The van der Waals surface area contributed by atoms with Gasteiger partial charge in [-0.15, -0.1) is 0 Å². The monoisotopic (exact) mass is 208 g/mol. The normalized spacial score (nSPS) is 16.5. The molecule has 0 aliphatic carbocycles. The number of hydrogen-bond donors (Lipinski definition) is 0. The van der Waals surface area contributed by atoms with Crippen molar-refractivity contribution in [2.45, 2.75) is 0 Å². The molecule has 0 radical (unpaired) electrons. The summed E-state index contributed by atoms with van der Waals surface area (Å²) in [5.74, 6) is 0.102. The van der Waals surface area contributed by atoms with Gasteiger partial charge in [0.1, 0.15) is 0 Å². The first-order valence-electron chi connectivity index (χ1n) is 4.92. The lowest BCUT2D eigenvalue weighted by atomic mass is 10.2. The quantitative estimate of drug-likeness (QED) is 0.739. The molecule has 0 bridgehead atoms. The number of rotatable bonds is 2. The van der Waals surface area contributed by atoms with Crippen molar-refractivity contribution in [1.82, 2.24) is 4.98 Å². The van der Waals surface area contributed by atoms with E-state index in [0.717, 1.165) is 0 Å². The highest BCUT2D eigenvalue weighted by Crippen LogP contribution is 2.20. The molecule has 1 aliphatic heterocycles. The van der Waals surface area contributed by atoms with E-state index in [1.807, 2.05) is 4.90 Å². The van der Waals surface area contributed by atoms with Gasteiger partial charge < -0.3 is 9.64 Å². The minimum Gasteiger partial charge on any atom is -0.378 e. The first kappa shape index (κ1) is 10.1. The van der Waals surface area contributed by atoms with E-state index in [9.17, 15) is 4.39 Å². The van der Waals surface area contributed by atoms with E-state index in [4.69, 9.17) is 4.74 Å². The number of ether oxygens (including phenoxy) is 1. The summed E-state index contributed by atoms with van der Waals surface area (Å²) < 4.78 is 19.0.